The molecule has 0 heterocycles. The number of aliphatic imine (C=N–C) groups is 1. The molecule has 0 aliphatic carbocycles. The third kappa shape index (κ3) is 8.23. The number of nitrogens with one attached hydrogen (secondary N) is 1. The Morgan fingerprint density at radius 3 is 2.41 bits per heavy atom. The molecule has 1 amide bonds. The first-order valence-corrected chi connectivity index (χ1v) is 12.6. The number of nitrogens with two attached hydrogens (primary N) is 3. The highest BCUT2D eigenvalue weighted by atomic mass is 31.2. The summed E-state index contributed by atoms with van der Waals surface area (Å²) in [5.41, 5.74) is 18.5. The number of carbonyl (C=O) groups is 1. The zero-order valence-electron chi connectivity index (χ0n) is 19.3. The summed E-state index contributed by atoms with van der Waals surface area (Å²) in [4.78, 5) is 16.6. The van der Waals surface area contributed by atoms with Gasteiger partial charge in [0.25, 0.3) is 0 Å². The van der Waals surface area contributed by atoms with Gasteiger partial charge in [-0.2, -0.15) is 0 Å². The third-order valence-electron chi connectivity index (χ3n) is 4.70. The van der Waals surface area contributed by atoms with Gasteiger partial charge in [0, 0.05) is 12.8 Å². The van der Waals surface area contributed by atoms with Crippen LogP contribution in [-0.2, 0) is 20.3 Å². The van der Waals surface area contributed by atoms with Gasteiger partial charge in [-0.25, -0.2) is 9.56 Å². The number of guanidine groups is 1. The predicted molar refractivity (Wildman–Crippen MR) is 135 cm³/mol. The SMILES string of the molecule is C#CCCCC(=O)NC(c1ccc(N=C(N)N)cc1)P(=O)(OCC)Oc1ccc(CCN)cc1. The lowest BCUT2D eigenvalue weighted by Gasteiger charge is -2.28. The van der Waals surface area contributed by atoms with Gasteiger partial charge in [0.2, 0.25) is 5.91 Å². The second-order valence-corrected chi connectivity index (χ2v) is 9.42. The highest BCUT2D eigenvalue weighted by molar-refractivity contribution is 7.54. The van der Waals surface area contributed by atoms with E-state index in [1.54, 1.807) is 43.3 Å². The lowest BCUT2D eigenvalue weighted by Crippen LogP contribution is -2.30. The first-order valence-electron chi connectivity index (χ1n) is 11.0. The van der Waals surface area contributed by atoms with E-state index in [0.29, 0.717) is 42.8 Å². The van der Waals surface area contributed by atoms with Crippen LogP contribution in [0.5, 0.6) is 5.75 Å². The van der Waals surface area contributed by atoms with Gasteiger partial charge in [-0.3, -0.25) is 9.32 Å². The van der Waals surface area contributed by atoms with E-state index in [1.165, 1.54) is 0 Å². The molecule has 34 heavy (non-hydrogen) atoms. The van der Waals surface area contributed by atoms with Crippen LogP contribution < -0.4 is 27.0 Å². The number of benzene rings is 2. The van der Waals surface area contributed by atoms with Gasteiger partial charge in [-0.05, 0) is 61.7 Å². The summed E-state index contributed by atoms with van der Waals surface area (Å²) in [6.07, 6.45) is 7.12. The minimum absolute atomic E-state index is 0.0903. The standard InChI is InChI=1S/C24H32N5O4P/c1-3-5-6-7-22(30)29-23(19-10-12-20(13-11-19)28-24(26)27)34(31,32-4-2)33-21-14-8-18(9-15-21)16-17-25/h1,8-15,23H,4-7,16-17,25H2,2H3,(H,29,30)(H4,26,27,28). The number of hydrogen-bond donors (Lipinski definition) is 4. The topological polar surface area (TPSA) is 155 Å². The van der Waals surface area contributed by atoms with Crippen LogP contribution in [0.2, 0.25) is 0 Å². The number of unbranched alkanes of at least 4 members (excludes halogenated alkanes) is 1. The summed E-state index contributed by atoms with van der Waals surface area (Å²) in [5, 5.41) is 2.81. The van der Waals surface area contributed by atoms with Crippen molar-refractivity contribution in [3.05, 3.63) is 59.7 Å². The lowest BCUT2D eigenvalue weighted by molar-refractivity contribution is -0.121. The van der Waals surface area contributed by atoms with Crippen LogP contribution in [-0.4, -0.2) is 25.0 Å². The molecule has 0 aliphatic heterocycles. The summed E-state index contributed by atoms with van der Waals surface area (Å²) < 4.78 is 25.6. The normalized spacial score (nSPS) is 13.2. The maximum atomic E-state index is 14.0. The molecule has 0 bridgehead atoms. The van der Waals surface area contributed by atoms with Crippen LogP contribution in [0, 0.1) is 12.3 Å². The van der Waals surface area contributed by atoms with Crippen molar-refractivity contribution in [3.8, 4) is 18.1 Å². The van der Waals surface area contributed by atoms with Crippen LogP contribution >= 0.6 is 7.60 Å². The summed E-state index contributed by atoms with van der Waals surface area (Å²) >= 11 is 0. The van der Waals surface area contributed by atoms with Gasteiger partial charge in [-0.15, -0.1) is 12.3 Å². The number of nitrogens with zero attached hydrogens (tertiary/aromatic N) is 1. The molecule has 2 rings (SSSR count). The fourth-order valence-electron chi connectivity index (χ4n) is 3.16. The average Bonchev–Trinajstić information content (AvgIpc) is 2.79. The molecular weight excluding hydrogens is 453 g/mol. The lowest BCUT2D eigenvalue weighted by atomic mass is 10.1. The summed E-state index contributed by atoms with van der Waals surface area (Å²) in [6, 6.07) is 13.7. The van der Waals surface area contributed by atoms with E-state index in [2.05, 4.69) is 16.2 Å². The molecule has 2 aromatic rings. The molecule has 0 spiro atoms. The first kappa shape index (κ1) is 26.9. The Morgan fingerprint density at radius 2 is 1.85 bits per heavy atom. The molecule has 0 aliphatic rings. The number of carbonyl (C=O) groups excluding carboxylic acids is 1. The van der Waals surface area contributed by atoms with Crippen LogP contribution in [0.3, 0.4) is 0 Å². The number of amides is 1. The van der Waals surface area contributed by atoms with Crippen molar-refractivity contribution in [1.82, 2.24) is 5.32 Å². The van der Waals surface area contributed by atoms with E-state index in [9.17, 15) is 9.36 Å². The maximum Gasteiger partial charge on any atom is 0.405 e. The van der Waals surface area contributed by atoms with E-state index < -0.39 is 13.4 Å². The molecule has 0 saturated carbocycles. The fraction of sp³-hybridized carbons (Fsp3) is 0.333. The molecule has 9 nitrogen and oxygen atoms in total. The highest BCUT2D eigenvalue weighted by Gasteiger charge is 2.40. The Balaban J connectivity index is 2.40. The minimum atomic E-state index is -3.92. The molecule has 182 valence electrons. The van der Waals surface area contributed by atoms with Gasteiger partial charge in [0.05, 0.1) is 12.3 Å². The Bertz CT molecular complexity index is 1040. The highest BCUT2D eigenvalue weighted by Crippen LogP contribution is 2.59. The molecule has 2 atom stereocenters. The molecule has 2 unspecified atom stereocenters. The minimum Gasteiger partial charge on any atom is -0.423 e. The van der Waals surface area contributed by atoms with E-state index in [-0.39, 0.29) is 24.9 Å². The molecular formula is C24H32N5O4P. The predicted octanol–water partition coefficient (Wildman–Crippen LogP) is 3.32. The second-order valence-electron chi connectivity index (χ2n) is 7.39. The van der Waals surface area contributed by atoms with Crippen LogP contribution in [0.15, 0.2) is 53.5 Å². The number of terminal acetylenes is 1. The van der Waals surface area contributed by atoms with Crippen LogP contribution in [0.25, 0.3) is 0 Å². The number of hydrogen-bond acceptors (Lipinski definition) is 6. The van der Waals surface area contributed by atoms with Crippen molar-refractivity contribution in [2.75, 3.05) is 13.2 Å². The molecule has 10 heteroatoms. The van der Waals surface area contributed by atoms with Crippen LogP contribution in [0.4, 0.5) is 5.69 Å². The Hall–Kier alpha value is -3.31. The van der Waals surface area contributed by atoms with Crippen molar-refractivity contribution in [1.29, 1.82) is 0 Å². The summed E-state index contributed by atoms with van der Waals surface area (Å²) in [6.45, 7) is 2.33. The second kappa shape index (κ2) is 13.4. The van der Waals surface area contributed by atoms with Gasteiger partial charge >= 0.3 is 7.60 Å². The van der Waals surface area contributed by atoms with Crippen molar-refractivity contribution >= 4 is 25.1 Å². The smallest absolute Gasteiger partial charge is 0.405 e. The molecule has 0 radical (unpaired) electrons. The molecule has 2 aromatic carbocycles. The largest absolute Gasteiger partial charge is 0.423 e. The Kier molecular flexibility index (Phi) is 10.6. The van der Waals surface area contributed by atoms with Crippen LogP contribution in [0.1, 0.15) is 43.1 Å². The Labute approximate surface area is 200 Å². The monoisotopic (exact) mass is 485 g/mol. The molecule has 7 N–H and O–H groups in total. The van der Waals surface area contributed by atoms with Crippen molar-refractivity contribution in [3.63, 3.8) is 0 Å². The molecule has 0 fully saturated rings. The van der Waals surface area contributed by atoms with E-state index in [1.807, 2.05) is 12.1 Å². The third-order valence-corrected chi connectivity index (χ3v) is 6.85. The van der Waals surface area contributed by atoms with Gasteiger partial charge < -0.3 is 27.0 Å². The van der Waals surface area contributed by atoms with Crippen molar-refractivity contribution in [2.45, 2.75) is 38.4 Å². The Morgan fingerprint density at radius 1 is 1.18 bits per heavy atom. The van der Waals surface area contributed by atoms with E-state index in [4.69, 9.17) is 32.7 Å². The van der Waals surface area contributed by atoms with Crippen molar-refractivity contribution in [2.24, 2.45) is 22.2 Å². The average molecular weight is 486 g/mol. The van der Waals surface area contributed by atoms with Gasteiger partial charge in [0.1, 0.15) is 5.75 Å². The zero-order valence-corrected chi connectivity index (χ0v) is 20.2. The maximum absolute atomic E-state index is 14.0. The number of rotatable bonds is 13. The summed E-state index contributed by atoms with van der Waals surface area (Å²) in [7, 11) is -3.92. The quantitative estimate of drug-likeness (QED) is 0.111. The summed E-state index contributed by atoms with van der Waals surface area (Å²) in [5.74, 6) is 1.37. The fourth-order valence-corrected chi connectivity index (χ4v) is 5.09. The molecule has 0 aromatic heterocycles. The van der Waals surface area contributed by atoms with E-state index >= 15 is 0 Å². The van der Waals surface area contributed by atoms with E-state index in [0.717, 1.165) is 5.56 Å². The first-order chi connectivity index (χ1) is 16.3. The van der Waals surface area contributed by atoms with Crippen molar-refractivity contribution < 1.29 is 18.4 Å². The molecule has 0 saturated heterocycles. The zero-order chi connectivity index (χ0) is 25.0. The van der Waals surface area contributed by atoms with Gasteiger partial charge in [-0.1, -0.05) is 24.3 Å². The van der Waals surface area contributed by atoms with Gasteiger partial charge in [0.15, 0.2) is 11.7 Å².